The maximum atomic E-state index is 6.53. The highest BCUT2D eigenvalue weighted by molar-refractivity contribution is 6.18. The van der Waals surface area contributed by atoms with Crippen molar-refractivity contribution in [2.45, 2.75) is 0 Å². The van der Waals surface area contributed by atoms with Gasteiger partial charge in [-0.25, -0.2) is 0 Å². The van der Waals surface area contributed by atoms with E-state index in [2.05, 4.69) is 175 Å². The molecule has 2 heterocycles. The first kappa shape index (κ1) is 29.6. The number of rotatable bonds is 5. The maximum absolute atomic E-state index is 6.53. The average molecular weight is 678 g/mol. The minimum Gasteiger partial charge on any atom is -0.456 e. The van der Waals surface area contributed by atoms with Gasteiger partial charge in [-0.15, -0.1) is 0 Å². The molecule has 9 aromatic carbocycles. The van der Waals surface area contributed by atoms with Crippen molar-refractivity contribution in [3.8, 4) is 33.4 Å². The van der Waals surface area contributed by atoms with Crippen LogP contribution in [0.4, 0.5) is 11.4 Å². The van der Waals surface area contributed by atoms with Crippen LogP contribution in [0.5, 0.6) is 0 Å². The van der Waals surface area contributed by atoms with Gasteiger partial charge >= 0.3 is 0 Å². The van der Waals surface area contributed by atoms with Crippen molar-refractivity contribution in [1.82, 2.24) is 0 Å². The fourth-order valence-corrected chi connectivity index (χ4v) is 8.20. The number of benzene rings is 9. The second-order valence-electron chi connectivity index (χ2n) is 13.7. The molecular formula is C50H31NO2. The number of fused-ring (bicyclic) bond motifs is 9. The molecule has 3 nitrogen and oxygen atoms in total. The van der Waals surface area contributed by atoms with Crippen LogP contribution < -0.4 is 5.32 Å². The summed E-state index contributed by atoms with van der Waals surface area (Å²) in [7, 11) is 0. The van der Waals surface area contributed by atoms with E-state index in [4.69, 9.17) is 8.83 Å². The fourth-order valence-electron chi connectivity index (χ4n) is 8.20. The third-order valence-electron chi connectivity index (χ3n) is 10.6. The highest BCUT2D eigenvalue weighted by Crippen LogP contribution is 2.43. The van der Waals surface area contributed by atoms with Gasteiger partial charge in [0.1, 0.15) is 22.3 Å². The summed E-state index contributed by atoms with van der Waals surface area (Å²) in [5, 5.41) is 13.2. The minimum atomic E-state index is 0.850. The largest absolute Gasteiger partial charge is 0.456 e. The molecule has 11 aromatic rings. The fraction of sp³-hybridized carbons (Fsp3) is 0. The van der Waals surface area contributed by atoms with Crippen molar-refractivity contribution in [2.75, 3.05) is 5.32 Å². The zero-order valence-electron chi connectivity index (χ0n) is 28.6. The Labute approximate surface area is 305 Å². The van der Waals surface area contributed by atoms with E-state index in [9.17, 15) is 0 Å². The molecule has 0 aliphatic carbocycles. The lowest BCUT2D eigenvalue weighted by Gasteiger charge is -2.13. The monoisotopic (exact) mass is 677 g/mol. The summed E-state index contributed by atoms with van der Waals surface area (Å²) in [6, 6.07) is 64.5. The Kier molecular flexibility index (Phi) is 6.55. The zero-order valence-corrected chi connectivity index (χ0v) is 28.6. The van der Waals surface area contributed by atoms with E-state index in [1.807, 2.05) is 12.1 Å². The predicted molar refractivity (Wildman–Crippen MR) is 222 cm³/mol. The molecule has 0 aliphatic rings. The van der Waals surface area contributed by atoms with Crippen LogP contribution in [0.15, 0.2) is 191 Å². The van der Waals surface area contributed by atoms with Crippen molar-refractivity contribution in [2.24, 2.45) is 0 Å². The van der Waals surface area contributed by atoms with Crippen LogP contribution in [-0.4, -0.2) is 0 Å². The van der Waals surface area contributed by atoms with Crippen LogP contribution in [0.1, 0.15) is 0 Å². The van der Waals surface area contributed by atoms with Gasteiger partial charge in [0.25, 0.3) is 0 Å². The second-order valence-corrected chi connectivity index (χ2v) is 13.7. The van der Waals surface area contributed by atoms with Gasteiger partial charge in [-0.05, 0) is 116 Å². The number of para-hydroxylation sites is 1. The first-order valence-corrected chi connectivity index (χ1v) is 18.0. The molecule has 0 spiro atoms. The Hall–Kier alpha value is -7.10. The summed E-state index contributed by atoms with van der Waals surface area (Å²) in [6.45, 7) is 0. The molecule has 0 bridgehead atoms. The highest BCUT2D eigenvalue weighted by Gasteiger charge is 2.17. The Bertz CT molecular complexity index is 3220. The molecule has 248 valence electrons. The van der Waals surface area contributed by atoms with Crippen LogP contribution in [-0.2, 0) is 0 Å². The quantitative estimate of drug-likeness (QED) is 0.184. The van der Waals surface area contributed by atoms with Crippen LogP contribution in [0.3, 0.4) is 0 Å². The molecule has 3 heteroatoms. The van der Waals surface area contributed by atoms with Crippen LogP contribution in [0.25, 0.3) is 98.8 Å². The van der Waals surface area contributed by atoms with E-state index in [0.29, 0.717) is 0 Å². The lowest BCUT2D eigenvalue weighted by atomic mass is 9.91. The summed E-state index contributed by atoms with van der Waals surface area (Å²) < 4.78 is 12.6. The average Bonchev–Trinajstić information content (AvgIpc) is 3.79. The van der Waals surface area contributed by atoms with Crippen molar-refractivity contribution < 1.29 is 8.83 Å². The smallest absolute Gasteiger partial charge is 0.137 e. The first-order valence-electron chi connectivity index (χ1n) is 18.0. The molecule has 0 aliphatic heterocycles. The molecule has 1 N–H and O–H groups in total. The van der Waals surface area contributed by atoms with Gasteiger partial charge in [0.2, 0.25) is 0 Å². The van der Waals surface area contributed by atoms with Crippen molar-refractivity contribution in [3.05, 3.63) is 182 Å². The number of anilines is 2. The molecule has 2 aromatic heterocycles. The highest BCUT2D eigenvalue weighted by atomic mass is 16.3. The van der Waals surface area contributed by atoms with Gasteiger partial charge in [0.05, 0.1) is 11.1 Å². The Morgan fingerprint density at radius 1 is 0.321 bits per heavy atom. The molecule has 0 radical (unpaired) electrons. The topological polar surface area (TPSA) is 38.3 Å². The van der Waals surface area contributed by atoms with Crippen LogP contribution in [0.2, 0.25) is 0 Å². The van der Waals surface area contributed by atoms with E-state index in [-0.39, 0.29) is 0 Å². The first-order chi connectivity index (χ1) is 26.2. The van der Waals surface area contributed by atoms with E-state index >= 15 is 0 Å². The van der Waals surface area contributed by atoms with Crippen LogP contribution in [0, 0.1) is 0 Å². The Balaban J connectivity index is 1.02. The van der Waals surface area contributed by atoms with Gasteiger partial charge in [-0.1, -0.05) is 121 Å². The van der Waals surface area contributed by atoms with E-state index in [1.54, 1.807) is 0 Å². The molecule has 0 atom stereocenters. The molecule has 0 amide bonds. The molecule has 11 rings (SSSR count). The van der Waals surface area contributed by atoms with Gasteiger partial charge in [-0.2, -0.15) is 0 Å². The van der Waals surface area contributed by atoms with E-state index < -0.39 is 0 Å². The van der Waals surface area contributed by atoms with Crippen molar-refractivity contribution in [3.63, 3.8) is 0 Å². The third-order valence-corrected chi connectivity index (χ3v) is 10.6. The maximum Gasteiger partial charge on any atom is 0.137 e. The number of nitrogens with one attached hydrogen (secondary N) is 1. The third kappa shape index (κ3) is 4.82. The van der Waals surface area contributed by atoms with Gasteiger partial charge in [0.15, 0.2) is 0 Å². The summed E-state index contributed by atoms with van der Waals surface area (Å²) in [5.41, 5.74) is 12.5. The van der Waals surface area contributed by atoms with E-state index in [0.717, 1.165) is 77.5 Å². The summed E-state index contributed by atoms with van der Waals surface area (Å²) >= 11 is 0. The van der Waals surface area contributed by atoms with Crippen molar-refractivity contribution >= 4 is 76.8 Å². The molecule has 0 unspecified atom stereocenters. The van der Waals surface area contributed by atoms with E-state index in [1.165, 1.54) is 32.7 Å². The molecular weight excluding hydrogens is 647 g/mol. The molecule has 0 saturated carbocycles. The molecule has 0 saturated heterocycles. The molecule has 53 heavy (non-hydrogen) atoms. The van der Waals surface area contributed by atoms with Gasteiger partial charge < -0.3 is 14.2 Å². The predicted octanol–water partition coefficient (Wildman–Crippen LogP) is 14.5. The Morgan fingerprint density at radius 3 is 1.85 bits per heavy atom. The standard InChI is InChI=1S/C50H31NO2/c1-2-16-37-35(11-1)30-42(40-18-4-3-17-39(37)40)34-14-7-13-33(27-34)38-20-9-23-47-49(38)50-44(21-10-24-48(50)53-47)51-36-15-8-12-31(28-36)32-25-26-46-43(29-32)41-19-5-6-22-45(41)52-46/h1-30,51H. The normalized spacial score (nSPS) is 11.8. The van der Waals surface area contributed by atoms with Gasteiger partial charge in [-0.3, -0.25) is 0 Å². The Morgan fingerprint density at radius 2 is 0.943 bits per heavy atom. The van der Waals surface area contributed by atoms with Crippen LogP contribution >= 0.6 is 0 Å². The van der Waals surface area contributed by atoms with Gasteiger partial charge in [0, 0.05) is 21.8 Å². The summed E-state index contributed by atoms with van der Waals surface area (Å²) in [4.78, 5) is 0. The lowest BCUT2D eigenvalue weighted by Crippen LogP contribution is -1.92. The second kappa shape index (κ2) is 11.7. The number of hydrogen-bond acceptors (Lipinski definition) is 3. The summed E-state index contributed by atoms with van der Waals surface area (Å²) in [5.74, 6) is 0. The number of hydrogen-bond donors (Lipinski definition) is 1. The lowest BCUT2D eigenvalue weighted by molar-refractivity contribution is 0.668. The summed E-state index contributed by atoms with van der Waals surface area (Å²) in [6.07, 6.45) is 0. The SMILES string of the molecule is c1cc(Nc2cccc3oc4cccc(-c5cccc(-c6cc7ccccc7c7ccccc67)c5)c4c23)cc(-c2ccc3oc4ccccc4c3c2)c1. The molecule has 0 fully saturated rings. The minimum absolute atomic E-state index is 0.850. The zero-order chi connectivity index (χ0) is 34.9. The number of furan rings is 2. The van der Waals surface area contributed by atoms with Crippen molar-refractivity contribution in [1.29, 1.82) is 0 Å².